The molecule has 170 valence electrons. The molecule has 0 spiro atoms. The minimum absolute atomic E-state index is 0.0958. The molecule has 0 fully saturated rings. The molecule has 0 aliphatic rings. The highest BCUT2D eigenvalue weighted by atomic mass is 16.1. The number of nitrogens with one attached hydrogen (secondary N) is 1. The van der Waals surface area contributed by atoms with Crippen molar-refractivity contribution >= 4 is 16.7 Å². The zero-order valence-corrected chi connectivity index (χ0v) is 19.7. The van der Waals surface area contributed by atoms with Crippen LogP contribution in [0.3, 0.4) is 0 Å². The highest BCUT2D eigenvalue weighted by Crippen LogP contribution is 2.22. The van der Waals surface area contributed by atoms with Gasteiger partial charge in [0.15, 0.2) is 0 Å². The average molecular weight is 448 g/mol. The molecule has 34 heavy (non-hydrogen) atoms. The van der Waals surface area contributed by atoms with Crippen molar-refractivity contribution in [1.29, 1.82) is 5.26 Å². The summed E-state index contributed by atoms with van der Waals surface area (Å²) >= 11 is 0. The van der Waals surface area contributed by atoms with Gasteiger partial charge in [-0.05, 0) is 76.4 Å². The first-order valence-corrected chi connectivity index (χ1v) is 11.7. The van der Waals surface area contributed by atoms with Crippen LogP contribution in [-0.2, 0) is 13.1 Å². The molecule has 4 aromatic carbocycles. The number of hydrogen-bond donors (Lipinski definition) is 1. The fraction of sp³-hybridized carbons (Fsp3) is 0.200. The molecule has 4 heteroatoms. The van der Waals surface area contributed by atoms with E-state index in [0.29, 0.717) is 17.7 Å². The minimum atomic E-state index is -0.0958. The Morgan fingerprint density at radius 1 is 0.882 bits per heavy atom. The fourth-order valence-electron chi connectivity index (χ4n) is 4.19. The molecule has 1 N–H and O–H groups in total. The zero-order chi connectivity index (χ0) is 23.9. The Morgan fingerprint density at radius 3 is 2.21 bits per heavy atom. The summed E-state index contributed by atoms with van der Waals surface area (Å²) in [6.45, 7) is 7.87. The second kappa shape index (κ2) is 10.8. The Morgan fingerprint density at radius 2 is 1.56 bits per heavy atom. The van der Waals surface area contributed by atoms with Gasteiger partial charge < -0.3 is 5.32 Å². The van der Waals surface area contributed by atoms with Gasteiger partial charge >= 0.3 is 0 Å². The highest BCUT2D eigenvalue weighted by Gasteiger charge is 2.09. The molecular formula is C30H29N3O. The predicted octanol–water partition coefficient (Wildman–Crippen LogP) is 6.15. The van der Waals surface area contributed by atoms with Gasteiger partial charge in [0.05, 0.1) is 11.6 Å². The molecule has 1 amide bonds. The van der Waals surface area contributed by atoms with E-state index in [1.54, 1.807) is 12.1 Å². The van der Waals surface area contributed by atoms with Crippen molar-refractivity contribution in [3.63, 3.8) is 0 Å². The Hall–Kier alpha value is -3.94. The molecule has 0 radical (unpaired) electrons. The van der Waals surface area contributed by atoms with Crippen LogP contribution in [0.15, 0.2) is 84.9 Å². The van der Waals surface area contributed by atoms with Gasteiger partial charge in [-0.1, -0.05) is 68.4 Å². The Balaban J connectivity index is 1.44. The van der Waals surface area contributed by atoms with E-state index in [1.807, 2.05) is 36.4 Å². The normalized spacial score (nSPS) is 10.9. The Bertz CT molecular complexity index is 1310. The van der Waals surface area contributed by atoms with Gasteiger partial charge in [-0.3, -0.25) is 9.69 Å². The van der Waals surface area contributed by atoms with Gasteiger partial charge in [-0.2, -0.15) is 5.26 Å². The van der Waals surface area contributed by atoms with Crippen molar-refractivity contribution in [2.45, 2.75) is 26.9 Å². The van der Waals surface area contributed by atoms with Crippen LogP contribution in [0, 0.1) is 11.3 Å². The number of nitriles is 1. The van der Waals surface area contributed by atoms with Gasteiger partial charge in [0.1, 0.15) is 0 Å². The van der Waals surface area contributed by atoms with Gasteiger partial charge in [-0.15, -0.1) is 0 Å². The van der Waals surface area contributed by atoms with E-state index in [4.69, 9.17) is 5.26 Å². The molecule has 0 aromatic heterocycles. The molecule has 0 heterocycles. The summed E-state index contributed by atoms with van der Waals surface area (Å²) in [5.74, 6) is -0.0958. The number of carbonyl (C=O) groups excluding carboxylic acids is 1. The SMILES string of the molecule is CCN(CC)Cc1ccc2c(CNC(=O)c3ccc(-c4ccc(C#N)cc4)cc3)cccc2c1. The van der Waals surface area contributed by atoms with Crippen molar-refractivity contribution in [1.82, 2.24) is 10.2 Å². The molecular weight excluding hydrogens is 418 g/mol. The third kappa shape index (κ3) is 5.33. The van der Waals surface area contributed by atoms with Crippen molar-refractivity contribution in [3.05, 3.63) is 107 Å². The number of nitrogens with zero attached hydrogens (tertiary/aromatic N) is 2. The maximum absolute atomic E-state index is 12.8. The quantitative estimate of drug-likeness (QED) is 0.352. The van der Waals surface area contributed by atoms with Gasteiger partial charge in [0, 0.05) is 18.7 Å². The molecule has 0 atom stereocenters. The van der Waals surface area contributed by atoms with Crippen molar-refractivity contribution < 1.29 is 4.79 Å². The number of hydrogen-bond acceptors (Lipinski definition) is 3. The lowest BCUT2D eigenvalue weighted by Gasteiger charge is -2.18. The average Bonchev–Trinajstić information content (AvgIpc) is 2.90. The molecule has 0 unspecified atom stereocenters. The number of rotatable bonds is 8. The molecule has 4 aromatic rings. The van der Waals surface area contributed by atoms with Crippen LogP contribution < -0.4 is 5.32 Å². The summed E-state index contributed by atoms with van der Waals surface area (Å²) in [5, 5.41) is 14.4. The van der Waals surface area contributed by atoms with Gasteiger partial charge in [0.2, 0.25) is 0 Å². The van der Waals surface area contributed by atoms with E-state index in [1.165, 1.54) is 16.3 Å². The second-order valence-corrected chi connectivity index (χ2v) is 8.38. The number of fused-ring (bicyclic) bond motifs is 1. The third-order valence-electron chi connectivity index (χ3n) is 6.27. The van der Waals surface area contributed by atoms with Gasteiger partial charge in [-0.25, -0.2) is 0 Å². The summed E-state index contributed by atoms with van der Waals surface area (Å²) in [6.07, 6.45) is 0. The molecule has 0 saturated carbocycles. The van der Waals surface area contributed by atoms with Crippen LogP contribution in [0.2, 0.25) is 0 Å². The van der Waals surface area contributed by atoms with Gasteiger partial charge in [0.25, 0.3) is 5.91 Å². The highest BCUT2D eigenvalue weighted by molar-refractivity contribution is 5.95. The van der Waals surface area contributed by atoms with Crippen LogP contribution >= 0.6 is 0 Å². The monoisotopic (exact) mass is 447 g/mol. The first-order valence-electron chi connectivity index (χ1n) is 11.7. The lowest BCUT2D eigenvalue weighted by molar-refractivity contribution is 0.0951. The maximum atomic E-state index is 12.8. The first kappa shape index (κ1) is 23.2. The summed E-state index contributed by atoms with van der Waals surface area (Å²) < 4.78 is 0. The predicted molar refractivity (Wildman–Crippen MR) is 138 cm³/mol. The topological polar surface area (TPSA) is 56.1 Å². The summed E-state index contributed by atoms with van der Waals surface area (Å²) in [4.78, 5) is 15.2. The third-order valence-corrected chi connectivity index (χ3v) is 6.27. The zero-order valence-electron chi connectivity index (χ0n) is 19.7. The molecule has 4 rings (SSSR count). The van der Waals surface area contributed by atoms with Crippen molar-refractivity contribution in [3.8, 4) is 17.2 Å². The summed E-state index contributed by atoms with van der Waals surface area (Å²) in [6, 6.07) is 30.0. The summed E-state index contributed by atoms with van der Waals surface area (Å²) in [5.41, 5.74) is 5.69. The van der Waals surface area contributed by atoms with Crippen LogP contribution in [0.25, 0.3) is 21.9 Å². The van der Waals surface area contributed by atoms with E-state index in [0.717, 1.165) is 36.3 Å². The fourth-order valence-corrected chi connectivity index (χ4v) is 4.19. The molecule has 0 aliphatic heterocycles. The number of benzene rings is 4. The van der Waals surface area contributed by atoms with Crippen LogP contribution in [0.1, 0.15) is 40.9 Å². The van der Waals surface area contributed by atoms with E-state index in [-0.39, 0.29) is 5.91 Å². The van der Waals surface area contributed by atoms with E-state index in [9.17, 15) is 4.79 Å². The second-order valence-electron chi connectivity index (χ2n) is 8.38. The van der Waals surface area contributed by atoms with E-state index in [2.05, 4.69) is 66.5 Å². The maximum Gasteiger partial charge on any atom is 0.251 e. The summed E-state index contributed by atoms with van der Waals surface area (Å²) in [7, 11) is 0. The molecule has 0 saturated heterocycles. The van der Waals surface area contributed by atoms with E-state index >= 15 is 0 Å². The van der Waals surface area contributed by atoms with Crippen molar-refractivity contribution in [2.75, 3.05) is 13.1 Å². The molecule has 0 bridgehead atoms. The first-order chi connectivity index (χ1) is 16.6. The van der Waals surface area contributed by atoms with Crippen LogP contribution in [0.5, 0.6) is 0 Å². The smallest absolute Gasteiger partial charge is 0.251 e. The molecule has 4 nitrogen and oxygen atoms in total. The Labute approximate surface area is 201 Å². The lowest BCUT2D eigenvalue weighted by atomic mass is 10.0. The van der Waals surface area contributed by atoms with E-state index < -0.39 is 0 Å². The minimum Gasteiger partial charge on any atom is -0.348 e. The Kier molecular flexibility index (Phi) is 7.37. The van der Waals surface area contributed by atoms with Crippen LogP contribution in [-0.4, -0.2) is 23.9 Å². The molecule has 0 aliphatic carbocycles. The largest absolute Gasteiger partial charge is 0.348 e. The number of carbonyl (C=O) groups is 1. The number of amides is 1. The standard InChI is InChI=1S/C30H29N3O/c1-3-33(4-2)21-23-10-17-29-27(18-23)6-5-7-28(29)20-32-30(34)26-15-13-25(14-16-26)24-11-8-22(19-31)9-12-24/h5-18H,3-4,20-21H2,1-2H3,(H,32,34). The van der Waals surface area contributed by atoms with Crippen LogP contribution in [0.4, 0.5) is 0 Å². The van der Waals surface area contributed by atoms with Crippen molar-refractivity contribution in [2.24, 2.45) is 0 Å². The lowest BCUT2D eigenvalue weighted by Crippen LogP contribution is -2.23.